The molecule has 0 fully saturated rings. The Hall–Kier alpha value is -1.76. The summed E-state index contributed by atoms with van der Waals surface area (Å²) in [6, 6.07) is 1.29. The molecule has 1 rings (SSSR count). The molecule has 1 aromatic heterocycles. The molecule has 0 radical (unpaired) electrons. The first-order chi connectivity index (χ1) is 8.95. The highest BCUT2D eigenvalue weighted by Crippen LogP contribution is 2.21. The van der Waals surface area contributed by atoms with Crippen molar-refractivity contribution < 1.29 is 14.3 Å². The number of rotatable bonds is 6. The lowest BCUT2D eigenvalue weighted by atomic mass is 10.1. The molecule has 0 aliphatic rings. The van der Waals surface area contributed by atoms with E-state index in [1.807, 2.05) is 6.92 Å². The van der Waals surface area contributed by atoms with Crippen LogP contribution in [-0.2, 0) is 9.53 Å². The van der Waals surface area contributed by atoms with E-state index >= 15 is 0 Å². The Kier molecular flexibility index (Phi) is 5.62. The predicted molar refractivity (Wildman–Crippen MR) is 72.3 cm³/mol. The molecule has 1 amide bonds. The zero-order chi connectivity index (χ0) is 14.4. The summed E-state index contributed by atoms with van der Waals surface area (Å²) in [5.74, 6) is -1.03. The molecular formula is C12H16N2O4S. The summed E-state index contributed by atoms with van der Waals surface area (Å²) in [6.45, 7) is 3.87. The van der Waals surface area contributed by atoms with E-state index in [0.717, 1.165) is 18.2 Å². The van der Waals surface area contributed by atoms with Crippen molar-refractivity contribution in [2.24, 2.45) is 5.73 Å². The number of aromatic nitrogens is 1. The molecule has 0 saturated heterocycles. The largest absolute Gasteiger partial charge is 0.465 e. The third-order valence-electron chi connectivity index (χ3n) is 2.25. The van der Waals surface area contributed by atoms with E-state index in [4.69, 9.17) is 10.5 Å². The number of primary amides is 1. The van der Waals surface area contributed by atoms with Gasteiger partial charge in [-0.25, -0.2) is 0 Å². The number of hydrogen-bond acceptors (Lipinski definition) is 5. The maximum Gasteiger partial charge on any atom is 0.316 e. The summed E-state index contributed by atoms with van der Waals surface area (Å²) in [5.41, 5.74) is 5.64. The number of thioether (sulfide) groups is 1. The molecule has 0 saturated carbocycles. The first-order valence-electron chi connectivity index (χ1n) is 5.77. The lowest BCUT2D eigenvalue weighted by Gasteiger charge is -2.08. The highest BCUT2D eigenvalue weighted by Gasteiger charge is 2.15. The minimum absolute atomic E-state index is 0.0136. The van der Waals surface area contributed by atoms with E-state index in [0.29, 0.717) is 17.2 Å². The smallest absolute Gasteiger partial charge is 0.316 e. The van der Waals surface area contributed by atoms with Gasteiger partial charge < -0.3 is 15.5 Å². The summed E-state index contributed by atoms with van der Waals surface area (Å²) >= 11 is 1.03. The van der Waals surface area contributed by atoms with Crippen LogP contribution in [0, 0.1) is 6.92 Å². The number of carbonyl (C=O) groups is 2. The zero-order valence-corrected chi connectivity index (χ0v) is 11.6. The van der Waals surface area contributed by atoms with Crippen molar-refractivity contribution in [1.29, 1.82) is 0 Å². The van der Waals surface area contributed by atoms with Crippen molar-refractivity contribution in [3.05, 3.63) is 27.5 Å². The number of H-pyrrole nitrogens is 1. The molecule has 7 heteroatoms. The van der Waals surface area contributed by atoms with Crippen LogP contribution in [0.4, 0.5) is 0 Å². The van der Waals surface area contributed by atoms with Crippen molar-refractivity contribution in [3.8, 4) is 0 Å². The molecule has 1 aromatic rings. The highest BCUT2D eigenvalue weighted by atomic mass is 32.2. The summed E-state index contributed by atoms with van der Waals surface area (Å²) in [6.07, 6.45) is 0.740. The van der Waals surface area contributed by atoms with Crippen molar-refractivity contribution in [3.63, 3.8) is 0 Å². The lowest BCUT2D eigenvalue weighted by Crippen LogP contribution is -2.20. The Labute approximate surface area is 114 Å². The number of amides is 1. The summed E-state index contributed by atoms with van der Waals surface area (Å²) < 4.78 is 4.91. The summed E-state index contributed by atoms with van der Waals surface area (Å²) in [4.78, 5) is 36.6. The Bertz CT molecular complexity index is 539. The fourth-order valence-corrected chi connectivity index (χ4v) is 2.39. The standard InChI is InChI=1S/C12H16N2O4S/c1-3-4-18-9(16)6-19-12-10(11(13)17)7(2)5-8(15)14-12/h5H,3-4,6H2,1-2H3,(H2,13,17)(H,14,15). The maximum absolute atomic E-state index is 11.4. The topological polar surface area (TPSA) is 102 Å². The second-order valence-corrected chi connectivity index (χ2v) is 4.88. The molecule has 3 N–H and O–H groups in total. The molecule has 0 unspecified atom stereocenters. The van der Waals surface area contributed by atoms with Gasteiger partial charge in [-0.05, 0) is 18.9 Å². The number of aromatic amines is 1. The fraction of sp³-hybridized carbons (Fsp3) is 0.417. The second kappa shape index (κ2) is 6.98. The van der Waals surface area contributed by atoms with Crippen LogP contribution in [-0.4, -0.2) is 29.2 Å². The van der Waals surface area contributed by atoms with Crippen LogP contribution in [0.5, 0.6) is 0 Å². The quantitative estimate of drug-likeness (QED) is 0.595. The van der Waals surface area contributed by atoms with E-state index in [-0.39, 0.29) is 16.9 Å². The Morgan fingerprint density at radius 1 is 1.47 bits per heavy atom. The summed E-state index contributed by atoms with van der Waals surface area (Å²) in [7, 11) is 0. The van der Waals surface area contributed by atoms with Crippen LogP contribution in [0.2, 0.25) is 0 Å². The number of ether oxygens (including phenoxy) is 1. The van der Waals surface area contributed by atoms with Crippen LogP contribution in [0.1, 0.15) is 29.3 Å². The van der Waals surface area contributed by atoms with Crippen LogP contribution < -0.4 is 11.3 Å². The van der Waals surface area contributed by atoms with Gasteiger partial charge in [0.05, 0.1) is 22.9 Å². The molecule has 0 spiro atoms. The van der Waals surface area contributed by atoms with E-state index in [1.165, 1.54) is 6.07 Å². The van der Waals surface area contributed by atoms with Crippen LogP contribution in [0.25, 0.3) is 0 Å². The maximum atomic E-state index is 11.4. The number of nitrogens with two attached hydrogens (primary N) is 1. The van der Waals surface area contributed by atoms with Gasteiger partial charge in [0, 0.05) is 6.07 Å². The SMILES string of the molecule is CCCOC(=O)CSc1[nH]c(=O)cc(C)c1C(N)=O. The van der Waals surface area contributed by atoms with Gasteiger partial charge in [0.15, 0.2) is 0 Å². The van der Waals surface area contributed by atoms with Crippen LogP contribution >= 0.6 is 11.8 Å². The van der Waals surface area contributed by atoms with Crippen molar-refractivity contribution in [2.75, 3.05) is 12.4 Å². The van der Waals surface area contributed by atoms with Gasteiger partial charge >= 0.3 is 5.97 Å². The number of nitrogens with one attached hydrogen (secondary N) is 1. The van der Waals surface area contributed by atoms with Gasteiger partial charge in [-0.1, -0.05) is 18.7 Å². The molecule has 104 valence electrons. The molecule has 1 heterocycles. The Balaban J connectivity index is 2.85. The monoisotopic (exact) mass is 284 g/mol. The first kappa shape index (κ1) is 15.3. The molecule has 0 aromatic carbocycles. The van der Waals surface area contributed by atoms with E-state index in [2.05, 4.69) is 4.98 Å². The first-order valence-corrected chi connectivity index (χ1v) is 6.76. The third-order valence-corrected chi connectivity index (χ3v) is 3.23. The minimum Gasteiger partial charge on any atom is -0.465 e. The molecular weight excluding hydrogens is 268 g/mol. The Morgan fingerprint density at radius 2 is 2.16 bits per heavy atom. The second-order valence-electron chi connectivity index (χ2n) is 3.89. The van der Waals surface area contributed by atoms with Gasteiger partial charge in [0.25, 0.3) is 5.91 Å². The van der Waals surface area contributed by atoms with E-state index in [9.17, 15) is 14.4 Å². The molecule has 0 aliphatic heterocycles. The number of hydrogen-bond donors (Lipinski definition) is 2. The van der Waals surface area contributed by atoms with Gasteiger partial charge in [-0.2, -0.15) is 0 Å². The van der Waals surface area contributed by atoms with Crippen molar-refractivity contribution >= 4 is 23.6 Å². The third kappa shape index (κ3) is 4.44. The number of carbonyl (C=O) groups excluding carboxylic acids is 2. The molecule has 0 bridgehead atoms. The zero-order valence-electron chi connectivity index (χ0n) is 10.8. The average molecular weight is 284 g/mol. The van der Waals surface area contributed by atoms with Gasteiger partial charge in [-0.3, -0.25) is 14.4 Å². The lowest BCUT2D eigenvalue weighted by molar-refractivity contribution is -0.140. The fourth-order valence-electron chi connectivity index (χ4n) is 1.46. The minimum atomic E-state index is -0.641. The highest BCUT2D eigenvalue weighted by molar-refractivity contribution is 8.00. The summed E-state index contributed by atoms with van der Waals surface area (Å²) in [5, 5.41) is 0.297. The number of aryl methyl sites for hydroxylation is 1. The van der Waals surface area contributed by atoms with Crippen LogP contribution in [0.3, 0.4) is 0 Å². The normalized spacial score (nSPS) is 10.2. The average Bonchev–Trinajstić information content (AvgIpc) is 2.32. The van der Waals surface area contributed by atoms with E-state index < -0.39 is 11.9 Å². The van der Waals surface area contributed by atoms with Crippen molar-refractivity contribution in [1.82, 2.24) is 4.98 Å². The van der Waals surface area contributed by atoms with Crippen LogP contribution in [0.15, 0.2) is 15.9 Å². The molecule has 19 heavy (non-hydrogen) atoms. The number of esters is 1. The van der Waals surface area contributed by atoms with Gasteiger partial charge in [-0.15, -0.1) is 0 Å². The Morgan fingerprint density at radius 3 is 2.74 bits per heavy atom. The van der Waals surface area contributed by atoms with E-state index in [1.54, 1.807) is 6.92 Å². The molecule has 0 atom stereocenters. The molecule has 6 nitrogen and oxygen atoms in total. The van der Waals surface area contributed by atoms with Gasteiger partial charge in [0.1, 0.15) is 0 Å². The number of pyridine rings is 1. The van der Waals surface area contributed by atoms with Crippen molar-refractivity contribution in [2.45, 2.75) is 25.3 Å². The van der Waals surface area contributed by atoms with Gasteiger partial charge in [0.2, 0.25) is 5.56 Å². The predicted octanol–water partition coefficient (Wildman–Crippen LogP) is 0.828. The molecule has 0 aliphatic carbocycles.